The number of halogens is 2. The van der Waals surface area contributed by atoms with E-state index in [1.165, 1.54) is 0 Å². The van der Waals surface area contributed by atoms with E-state index in [-0.39, 0.29) is 6.03 Å². The Kier molecular flexibility index (Phi) is 4.91. The maximum Gasteiger partial charge on any atom is 0.319 e. The van der Waals surface area contributed by atoms with Crippen molar-refractivity contribution < 1.29 is 4.79 Å². The molecule has 0 aliphatic carbocycles. The van der Waals surface area contributed by atoms with Crippen LogP contribution in [0.1, 0.15) is 19.4 Å². The van der Waals surface area contributed by atoms with Crippen molar-refractivity contribution in [1.29, 1.82) is 0 Å². The number of carbonyl (C=O) groups is 1. The maximum atomic E-state index is 12.1. The van der Waals surface area contributed by atoms with Crippen LogP contribution in [0.4, 0.5) is 10.5 Å². The van der Waals surface area contributed by atoms with Crippen molar-refractivity contribution in [3.05, 3.63) is 63.6 Å². The Hall–Kier alpha value is -1.52. The van der Waals surface area contributed by atoms with Crippen molar-refractivity contribution >= 4 is 39.2 Å². The van der Waals surface area contributed by atoms with Crippen LogP contribution in [0.3, 0.4) is 0 Å². The Bertz CT molecular complexity index is 624. The topological polar surface area (TPSA) is 41.1 Å². The zero-order valence-corrected chi connectivity index (χ0v) is 14.1. The van der Waals surface area contributed by atoms with Crippen molar-refractivity contribution in [2.24, 2.45) is 0 Å². The molecule has 0 radical (unpaired) electrons. The van der Waals surface area contributed by atoms with Gasteiger partial charge in [0.25, 0.3) is 0 Å². The van der Waals surface area contributed by atoms with Crippen LogP contribution in [-0.2, 0) is 5.54 Å². The van der Waals surface area contributed by atoms with Gasteiger partial charge in [-0.3, -0.25) is 0 Å². The van der Waals surface area contributed by atoms with Gasteiger partial charge in [-0.1, -0.05) is 39.7 Å². The molecule has 0 bridgehead atoms. The number of urea groups is 1. The number of benzene rings is 2. The maximum absolute atomic E-state index is 12.1. The van der Waals surface area contributed by atoms with Crippen molar-refractivity contribution in [1.82, 2.24) is 5.32 Å². The van der Waals surface area contributed by atoms with E-state index in [1.807, 2.05) is 62.4 Å². The molecule has 21 heavy (non-hydrogen) atoms. The van der Waals surface area contributed by atoms with Gasteiger partial charge < -0.3 is 10.6 Å². The van der Waals surface area contributed by atoms with Gasteiger partial charge in [-0.05, 0) is 55.8 Å². The molecule has 0 spiro atoms. The van der Waals surface area contributed by atoms with E-state index < -0.39 is 5.54 Å². The van der Waals surface area contributed by atoms with E-state index in [4.69, 9.17) is 11.6 Å². The van der Waals surface area contributed by atoms with Crippen molar-refractivity contribution in [3.8, 4) is 0 Å². The molecule has 2 rings (SSSR count). The van der Waals surface area contributed by atoms with Crippen LogP contribution in [0.25, 0.3) is 0 Å². The molecule has 2 aromatic rings. The number of hydrogen-bond acceptors (Lipinski definition) is 1. The van der Waals surface area contributed by atoms with Gasteiger partial charge in [-0.2, -0.15) is 0 Å². The number of amides is 2. The summed E-state index contributed by atoms with van der Waals surface area (Å²) in [5.74, 6) is 0. The van der Waals surface area contributed by atoms with Gasteiger partial charge >= 0.3 is 6.03 Å². The summed E-state index contributed by atoms with van der Waals surface area (Å²) >= 11 is 9.24. The van der Waals surface area contributed by atoms with Crippen molar-refractivity contribution in [2.75, 3.05) is 5.32 Å². The van der Waals surface area contributed by atoms with E-state index in [0.717, 1.165) is 15.7 Å². The number of carbonyl (C=O) groups excluding carboxylic acids is 1. The molecule has 0 atom stereocenters. The zero-order valence-electron chi connectivity index (χ0n) is 11.8. The molecule has 0 saturated heterocycles. The Balaban J connectivity index is 2.03. The lowest BCUT2D eigenvalue weighted by molar-refractivity contribution is 0.242. The Labute approximate surface area is 137 Å². The van der Waals surface area contributed by atoms with E-state index >= 15 is 0 Å². The van der Waals surface area contributed by atoms with E-state index in [1.54, 1.807) is 0 Å². The molecule has 110 valence electrons. The highest BCUT2D eigenvalue weighted by Gasteiger charge is 2.22. The minimum atomic E-state index is -0.496. The molecule has 0 aliphatic heterocycles. The SMILES string of the molecule is CC(C)(NC(=O)Nc1ccc(Br)cc1)c1ccc(Cl)cc1. The summed E-state index contributed by atoms with van der Waals surface area (Å²) in [6.07, 6.45) is 0. The van der Waals surface area contributed by atoms with Gasteiger partial charge in [0.15, 0.2) is 0 Å². The first-order chi connectivity index (χ1) is 9.87. The van der Waals surface area contributed by atoms with Gasteiger partial charge in [0, 0.05) is 15.2 Å². The Morgan fingerprint density at radius 1 is 1.05 bits per heavy atom. The van der Waals surface area contributed by atoms with Crippen LogP contribution in [0.5, 0.6) is 0 Å². The highest BCUT2D eigenvalue weighted by molar-refractivity contribution is 9.10. The largest absolute Gasteiger partial charge is 0.329 e. The second kappa shape index (κ2) is 6.50. The fraction of sp³-hybridized carbons (Fsp3) is 0.188. The summed E-state index contributed by atoms with van der Waals surface area (Å²) in [5, 5.41) is 6.43. The quantitative estimate of drug-likeness (QED) is 0.773. The summed E-state index contributed by atoms with van der Waals surface area (Å²) in [6, 6.07) is 14.6. The van der Waals surface area contributed by atoms with E-state index in [2.05, 4.69) is 26.6 Å². The van der Waals surface area contributed by atoms with Crippen LogP contribution in [0, 0.1) is 0 Å². The molecular weight excluding hydrogens is 352 g/mol. The predicted molar refractivity (Wildman–Crippen MR) is 90.8 cm³/mol. The van der Waals surface area contributed by atoms with Gasteiger partial charge in [0.1, 0.15) is 0 Å². The highest BCUT2D eigenvalue weighted by atomic mass is 79.9. The normalized spacial score (nSPS) is 11.0. The summed E-state index contributed by atoms with van der Waals surface area (Å²) in [6.45, 7) is 3.88. The summed E-state index contributed by atoms with van der Waals surface area (Å²) < 4.78 is 0.968. The number of anilines is 1. The smallest absolute Gasteiger partial charge is 0.319 e. The van der Waals surface area contributed by atoms with Crippen molar-refractivity contribution in [2.45, 2.75) is 19.4 Å². The molecule has 3 nitrogen and oxygen atoms in total. The van der Waals surface area contributed by atoms with Crippen LogP contribution in [0.15, 0.2) is 53.0 Å². The number of nitrogens with one attached hydrogen (secondary N) is 2. The summed E-state index contributed by atoms with van der Waals surface area (Å²) in [4.78, 5) is 12.1. The fourth-order valence-corrected chi connectivity index (χ4v) is 2.31. The monoisotopic (exact) mass is 366 g/mol. The zero-order chi connectivity index (χ0) is 15.5. The second-order valence-corrected chi connectivity index (χ2v) is 6.57. The Morgan fingerprint density at radius 3 is 2.19 bits per heavy atom. The molecule has 2 N–H and O–H groups in total. The third-order valence-corrected chi connectivity index (χ3v) is 3.87. The number of rotatable bonds is 3. The minimum Gasteiger partial charge on any atom is -0.329 e. The first-order valence-electron chi connectivity index (χ1n) is 6.47. The minimum absolute atomic E-state index is 0.253. The Morgan fingerprint density at radius 2 is 1.62 bits per heavy atom. The van der Waals surface area contributed by atoms with Crippen LogP contribution < -0.4 is 10.6 Å². The lowest BCUT2D eigenvalue weighted by Crippen LogP contribution is -2.43. The molecule has 0 aromatic heterocycles. The molecule has 0 aliphatic rings. The first kappa shape index (κ1) is 15.9. The first-order valence-corrected chi connectivity index (χ1v) is 7.65. The average Bonchev–Trinajstić information content (AvgIpc) is 2.41. The third kappa shape index (κ3) is 4.48. The molecule has 5 heteroatoms. The molecule has 0 saturated carbocycles. The molecule has 0 unspecified atom stereocenters. The summed E-state index contributed by atoms with van der Waals surface area (Å²) in [7, 11) is 0. The van der Waals surface area contributed by atoms with Gasteiger partial charge in [-0.25, -0.2) is 4.79 Å². The van der Waals surface area contributed by atoms with Gasteiger partial charge in [0.05, 0.1) is 5.54 Å². The summed E-state index contributed by atoms with van der Waals surface area (Å²) in [5.41, 5.74) is 1.23. The molecule has 2 amide bonds. The molecular formula is C16H16BrClN2O. The predicted octanol–water partition coefficient (Wildman–Crippen LogP) is 5.16. The van der Waals surface area contributed by atoms with Crippen LogP contribution in [0.2, 0.25) is 5.02 Å². The standard InChI is InChI=1S/C16H16BrClN2O/c1-16(2,11-3-7-13(18)8-4-11)20-15(21)19-14-9-5-12(17)6-10-14/h3-10H,1-2H3,(H2,19,20,21). The fourth-order valence-electron chi connectivity index (χ4n) is 1.92. The van der Waals surface area contributed by atoms with E-state index in [9.17, 15) is 4.79 Å². The van der Waals surface area contributed by atoms with Crippen molar-refractivity contribution in [3.63, 3.8) is 0 Å². The van der Waals surface area contributed by atoms with Gasteiger partial charge in [-0.15, -0.1) is 0 Å². The third-order valence-electron chi connectivity index (χ3n) is 3.09. The lowest BCUT2D eigenvalue weighted by Gasteiger charge is -2.27. The second-order valence-electron chi connectivity index (χ2n) is 5.22. The van der Waals surface area contributed by atoms with Crippen LogP contribution >= 0.6 is 27.5 Å². The number of hydrogen-bond donors (Lipinski definition) is 2. The highest BCUT2D eigenvalue weighted by Crippen LogP contribution is 2.22. The molecule has 0 heterocycles. The average molecular weight is 368 g/mol. The lowest BCUT2D eigenvalue weighted by atomic mass is 9.94. The van der Waals surface area contributed by atoms with Crippen LogP contribution in [-0.4, -0.2) is 6.03 Å². The van der Waals surface area contributed by atoms with Gasteiger partial charge in [0.2, 0.25) is 0 Å². The molecule has 0 fully saturated rings. The molecule has 2 aromatic carbocycles. The van der Waals surface area contributed by atoms with E-state index in [0.29, 0.717) is 5.02 Å².